The Balaban J connectivity index is 3.24. The van der Waals surface area contributed by atoms with Crippen molar-refractivity contribution in [2.24, 2.45) is 5.41 Å². The summed E-state index contributed by atoms with van der Waals surface area (Å²) in [5.41, 5.74) is -0.261. The van der Waals surface area contributed by atoms with Gasteiger partial charge < -0.3 is 29.0 Å². The van der Waals surface area contributed by atoms with Crippen LogP contribution in [0.25, 0.3) is 0 Å². The quantitative estimate of drug-likeness (QED) is 0.218. The number of ketones is 1. The predicted molar refractivity (Wildman–Crippen MR) is 125 cm³/mol. The molecule has 0 amide bonds. The van der Waals surface area contributed by atoms with Gasteiger partial charge in [0.05, 0.1) is 59.3 Å². The molecule has 8 heteroatoms. The van der Waals surface area contributed by atoms with E-state index in [1.165, 1.54) is 0 Å². The molecule has 0 atom stereocenters. The monoisotopic (exact) mass is 461 g/mol. The van der Waals surface area contributed by atoms with Crippen molar-refractivity contribution in [1.82, 2.24) is 5.32 Å². The van der Waals surface area contributed by atoms with E-state index in [4.69, 9.17) is 23.7 Å². The van der Waals surface area contributed by atoms with Crippen molar-refractivity contribution >= 4 is 11.8 Å². The molecule has 0 unspecified atom stereocenters. The molecule has 0 radical (unpaired) electrons. The first-order valence-electron chi connectivity index (χ1n) is 11.7. The van der Waals surface area contributed by atoms with Crippen LogP contribution in [0.2, 0.25) is 0 Å². The van der Waals surface area contributed by atoms with E-state index in [9.17, 15) is 9.59 Å². The lowest BCUT2D eigenvalue weighted by Crippen LogP contribution is -2.25. The summed E-state index contributed by atoms with van der Waals surface area (Å²) in [5, 5.41) is 3.23. The molecule has 1 N–H and O–H groups in total. The van der Waals surface area contributed by atoms with Gasteiger partial charge in [0.1, 0.15) is 11.4 Å². The highest BCUT2D eigenvalue weighted by Crippen LogP contribution is 2.20. The van der Waals surface area contributed by atoms with E-state index < -0.39 is 5.60 Å². The molecule has 0 aromatic carbocycles. The molecule has 8 nitrogen and oxygen atoms in total. The highest BCUT2D eigenvalue weighted by Gasteiger charge is 2.15. The van der Waals surface area contributed by atoms with Crippen LogP contribution in [0.1, 0.15) is 67.2 Å². The maximum Gasteiger partial charge on any atom is 0.308 e. The topological polar surface area (TPSA) is 92.3 Å². The molecule has 0 bridgehead atoms. The molecular formula is C24H47NO7. The Kier molecular flexibility index (Phi) is 17.8. The number of carbonyl (C=O) groups excluding carboxylic acids is 2. The lowest BCUT2D eigenvalue weighted by atomic mass is 9.89. The van der Waals surface area contributed by atoms with Crippen LogP contribution >= 0.6 is 0 Å². The van der Waals surface area contributed by atoms with Crippen molar-refractivity contribution in [3.63, 3.8) is 0 Å². The summed E-state index contributed by atoms with van der Waals surface area (Å²) in [5.74, 6) is 0.0118. The van der Waals surface area contributed by atoms with E-state index in [-0.39, 0.29) is 23.6 Å². The van der Waals surface area contributed by atoms with Crippen molar-refractivity contribution in [3.8, 4) is 0 Å². The van der Waals surface area contributed by atoms with Gasteiger partial charge in [0.2, 0.25) is 0 Å². The minimum absolute atomic E-state index is 0.198. The van der Waals surface area contributed by atoms with Gasteiger partial charge in [-0.3, -0.25) is 9.59 Å². The third-order valence-corrected chi connectivity index (χ3v) is 4.14. The van der Waals surface area contributed by atoms with Crippen molar-refractivity contribution in [1.29, 1.82) is 0 Å². The van der Waals surface area contributed by atoms with Gasteiger partial charge in [0.15, 0.2) is 0 Å². The number of ether oxygens (including phenoxy) is 5. The van der Waals surface area contributed by atoms with Gasteiger partial charge in [-0.1, -0.05) is 20.8 Å². The highest BCUT2D eigenvalue weighted by molar-refractivity contribution is 5.78. The van der Waals surface area contributed by atoms with Crippen molar-refractivity contribution in [3.05, 3.63) is 0 Å². The highest BCUT2D eigenvalue weighted by atomic mass is 16.6. The minimum atomic E-state index is -0.459. The van der Waals surface area contributed by atoms with E-state index in [1.807, 2.05) is 20.8 Å². The second kappa shape index (κ2) is 18.4. The van der Waals surface area contributed by atoms with Crippen LogP contribution in [0.4, 0.5) is 0 Å². The molecule has 0 aromatic heterocycles. The molecular weight excluding hydrogens is 414 g/mol. The molecule has 0 aliphatic rings. The van der Waals surface area contributed by atoms with Gasteiger partial charge in [0.25, 0.3) is 0 Å². The summed E-state index contributed by atoms with van der Waals surface area (Å²) in [4.78, 5) is 23.3. The molecule has 0 rings (SSSR count). The Morgan fingerprint density at radius 3 is 1.56 bits per heavy atom. The smallest absolute Gasteiger partial charge is 0.308 e. The number of Topliss-reactive ketones (excluding diaryl/α,β-unsaturated/α-hetero) is 1. The first kappa shape index (κ1) is 30.9. The van der Waals surface area contributed by atoms with Gasteiger partial charge in [0, 0.05) is 25.9 Å². The van der Waals surface area contributed by atoms with Crippen LogP contribution in [-0.2, 0) is 33.3 Å². The molecule has 0 aliphatic heterocycles. The normalized spacial score (nSPS) is 12.2. The van der Waals surface area contributed by atoms with Crippen molar-refractivity contribution < 1.29 is 33.3 Å². The maximum atomic E-state index is 11.7. The third kappa shape index (κ3) is 25.2. The van der Waals surface area contributed by atoms with E-state index in [1.54, 1.807) is 0 Å². The fourth-order valence-corrected chi connectivity index (χ4v) is 2.43. The van der Waals surface area contributed by atoms with Crippen LogP contribution in [0.5, 0.6) is 0 Å². The number of nitrogens with one attached hydrogen (secondary N) is 1. The maximum absolute atomic E-state index is 11.7. The lowest BCUT2D eigenvalue weighted by molar-refractivity contribution is -0.156. The Hall–Kier alpha value is -1.06. The van der Waals surface area contributed by atoms with Crippen LogP contribution in [0.3, 0.4) is 0 Å². The Morgan fingerprint density at radius 1 is 0.625 bits per heavy atom. The molecule has 0 saturated carbocycles. The summed E-state index contributed by atoms with van der Waals surface area (Å²) in [7, 11) is 0. The number of carbonyl (C=O) groups is 2. The predicted octanol–water partition coefficient (Wildman–Crippen LogP) is 3.16. The summed E-state index contributed by atoms with van der Waals surface area (Å²) in [6.07, 6.45) is 2.27. The standard InChI is InChI=1S/C24H47NO7/c1-23(2,3)10-7-21(26)8-13-28-17-19-30-15-11-25-12-16-31-20-18-29-14-9-22(27)32-24(4,5)6/h25H,7-20H2,1-6H3. The van der Waals surface area contributed by atoms with Crippen molar-refractivity contribution in [2.45, 2.75) is 72.8 Å². The number of hydrogen-bond donors (Lipinski definition) is 1. The van der Waals surface area contributed by atoms with Gasteiger partial charge in [-0.25, -0.2) is 0 Å². The lowest BCUT2D eigenvalue weighted by Gasteiger charge is -2.19. The molecule has 0 heterocycles. The van der Waals surface area contributed by atoms with Crippen LogP contribution in [-0.4, -0.2) is 83.3 Å². The number of hydrogen-bond acceptors (Lipinski definition) is 8. The Labute approximate surface area is 195 Å². The van der Waals surface area contributed by atoms with Crippen LogP contribution in [0, 0.1) is 5.41 Å². The molecule has 32 heavy (non-hydrogen) atoms. The van der Waals surface area contributed by atoms with Crippen LogP contribution in [0.15, 0.2) is 0 Å². The largest absolute Gasteiger partial charge is 0.460 e. The first-order valence-corrected chi connectivity index (χ1v) is 11.7. The molecule has 0 spiro atoms. The number of rotatable bonds is 20. The zero-order chi connectivity index (χ0) is 24.3. The van der Waals surface area contributed by atoms with Gasteiger partial charge >= 0.3 is 5.97 Å². The molecule has 0 aliphatic carbocycles. The molecule has 0 fully saturated rings. The van der Waals surface area contributed by atoms with Gasteiger partial charge in [-0.2, -0.15) is 0 Å². The Bertz CT molecular complexity index is 484. The summed E-state index contributed by atoms with van der Waals surface area (Å²) in [6.45, 7) is 17.4. The van der Waals surface area contributed by atoms with E-state index in [2.05, 4.69) is 26.1 Å². The molecule has 190 valence electrons. The summed E-state index contributed by atoms with van der Waals surface area (Å²) < 4.78 is 26.9. The first-order chi connectivity index (χ1) is 15.0. The SMILES string of the molecule is CC(C)(C)CCC(=O)CCOCCOCCNCCOCCOCCC(=O)OC(C)(C)C. The summed E-state index contributed by atoms with van der Waals surface area (Å²) in [6, 6.07) is 0. The van der Waals surface area contributed by atoms with Gasteiger partial charge in [-0.05, 0) is 32.6 Å². The molecule has 0 aromatic rings. The van der Waals surface area contributed by atoms with Gasteiger partial charge in [-0.15, -0.1) is 0 Å². The Morgan fingerprint density at radius 2 is 1.09 bits per heavy atom. The van der Waals surface area contributed by atoms with Crippen LogP contribution < -0.4 is 5.32 Å². The average molecular weight is 462 g/mol. The minimum Gasteiger partial charge on any atom is -0.460 e. The zero-order valence-electron chi connectivity index (χ0n) is 21.3. The number of esters is 1. The van der Waals surface area contributed by atoms with E-state index >= 15 is 0 Å². The zero-order valence-corrected chi connectivity index (χ0v) is 21.3. The van der Waals surface area contributed by atoms with Crippen molar-refractivity contribution in [2.75, 3.05) is 65.9 Å². The van der Waals surface area contributed by atoms with E-state index in [0.717, 1.165) is 19.5 Å². The second-order valence-corrected chi connectivity index (χ2v) is 9.89. The fraction of sp³-hybridized carbons (Fsp3) is 0.917. The third-order valence-electron chi connectivity index (χ3n) is 4.14. The second-order valence-electron chi connectivity index (χ2n) is 9.89. The average Bonchev–Trinajstić information content (AvgIpc) is 2.66. The molecule has 0 saturated heterocycles. The van der Waals surface area contributed by atoms with E-state index in [0.29, 0.717) is 65.7 Å². The summed E-state index contributed by atoms with van der Waals surface area (Å²) >= 11 is 0. The fourth-order valence-electron chi connectivity index (χ4n) is 2.43.